The van der Waals surface area contributed by atoms with Gasteiger partial charge in [-0.05, 0) is 48.5 Å². The average molecular weight is 520 g/mol. The van der Waals surface area contributed by atoms with E-state index in [1.807, 2.05) is 59.6 Å². The van der Waals surface area contributed by atoms with Crippen LogP contribution < -0.4 is 19.1 Å². The number of benzene rings is 2. The third kappa shape index (κ3) is 4.34. The number of pyridine rings is 1. The third-order valence-corrected chi connectivity index (χ3v) is 7.80. The average Bonchev–Trinajstić information content (AvgIpc) is 3.38. The number of rotatable bonds is 4. The molecule has 3 heterocycles. The molecule has 5 rings (SSSR count). The molecule has 0 aliphatic carbocycles. The van der Waals surface area contributed by atoms with E-state index in [0.717, 1.165) is 31.9 Å². The van der Waals surface area contributed by atoms with Gasteiger partial charge in [0.2, 0.25) is 0 Å². The Balaban J connectivity index is 1.47. The summed E-state index contributed by atoms with van der Waals surface area (Å²) < 4.78 is 16.1. The summed E-state index contributed by atoms with van der Waals surface area (Å²) in [7, 11) is 6.88. The van der Waals surface area contributed by atoms with Crippen LogP contribution in [0.1, 0.15) is 21.0 Å². The molecule has 0 bridgehead atoms. The van der Waals surface area contributed by atoms with Gasteiger partial charge in [-0.1, -0.05) is 28.7 Å². The van der Waals surface area contributed by atoms with Crippen LogP contribution in [0.2, 0.25) is 0 Å². The summed E-state index contributed by atoms with van der Waals surface area (Å²) in [5.74, 6) is 0.367. The molecule has 0 saturated heterocycles. The first-order valence-electron chi connectivity index (χ1n) is 10.8. The minimum absolute atomic E-state index is 0.0662. The van der Waals surface area contributed by atoms with Gasteiger partial charge in [0.15, 0.2) is 9.60 Å². The Kier molecular flexibility index (Phi) is 6.25. The van der Waals surface area contributed by atoms with E-state index in [-0.39, 0.29) is 11.4 Å². The maximum Gasteiger partial charge on any atom is 0.298 e. The van der Waals surface area contributed by atoms with Crippen molar-refractivity contribution in [1.82, 2.24) is 14.1 Å². The van der Waals surface area contributed by atoms with Crippen LogP contribution in [-0.2, 0) is 14.1 Å². The van der Waals surface area contributed by atoms with Gasteiger partial charge in [0.25, 0.3) is 11.8 Å². The normalized spacial score (nSPS) is 12.4. The lowest BCUT2D eigenvalue weighted by atomic mass is 10.3. The lowest BCUT2D eigenvalue weighted by molar-refractivity contribution is 0.0989. The molecule has 0 saturated carbocycles. The Morgan fingerprint density at radius 1 is 0.750 bits per heavy atom. The second-order valence-electron chi connectivity index (χ2n) is 7.80. The van der Waals surface area contributed by atoms with Crippen LogP contribution in [0, 0.1) is 0 Å². The smallest absolute Gasteiger partial charge is 0.298 e. The number of methoxy groups -OCH3 is 2. The third-order valence-electron chi connectivity index (χ3n) is 5.61. The molecular weight excluding hydrogens is 498 g/mol. The molecule has 2 aromatic carbocycles. The van der Waals surface area contributed by atoms with Gasteiger partial charge in [-0.3, -0.25) is 9.59 Å². The van der Waals surface area contributed by atoms with Crippen LogP contribution in [0.25, 0.3) is 20.4 Å². The maximum atomic E-state index is 12.9. The van der Waals surface area contributed by atoms with Crippen molar-refractivity contribution in [3.63, 3.8) is 0 Å². The van der Waals surface area contributed by atoms with Crippen molar-refractivity contribution in [3.8, 4) is 11.5 Å². The van der Waals surface area contributed by atoms with E-state index in [9.17, 15) is 9.59 Å². The summed E-state index contributed by atoms with van der Waals surface area (Å²) >= 11 is 2.73. The molecule has 9 nitrogen and oxygen atoms in total. The van der Waals surface area contributed by atoms with Crippen LogP contribution in [0.15, 0.2) is 64.6 Å². The van der Waals surface area contributed by atoms with Gasteiger partial charge < -0.3 is 18.6 Å². The zero-order valence-electron chi connectivity index (χ0n) is 19.9. The van der Waals surface area contributed by atoms with Crippen molar-refractivity contribution in [2.24, 2.45) is 24.1 Å². The van der Waals surface area contributed by atoms with Crippen LogP contribution in [0.5, 0.6) is 11.5 Å². The fraction of sp³-hybridized carbons (Fsp3) is 0.160. The number of aromatic nitrogens is 3. The fourth-order valence-corrected chi connectivity index (χ4v) is 5.75. The van der Waals surface area contributed by atoms with Crippen LogP contribution in [-0.4, -0.2) is 40.2 Å². The second-order valence-corrected chi connectivity index (χ2v) is 9.81. The largest absolute Gasteiger partial charge is 0.497 e. The van der Waals surface area contributed by atoms with Crippen LogP contribution in [0.3, 0.4) is 0 Å². The molecule has 0 fully saturated rings. The molecule has 0 unspecified atom stereocenters. The van der Waals surface area contributed by atoms with Gasteiger partial charge in [-0.25, -0.2) is 4.98 Å². The Labute approximate surface area is 213 Å². The molecule has 0 spiro atoms. The molecule has 2 amide bonds. The van der Waals surface area contributed by atoms with Crippen molar-refractivity contribution < 1.29 is 19.1 Å². The molecule has 5 aromatic rings. The van der Waals surface area contributed by atoms with E-state index in [0.29, 0.717) is 9.60 Å². The van der Waals surface area contributed by atoms with Gasteiger partial charge >= 0.3 is 0 Å². The fourth-order valence-electron chi connectivity index (χ4n) is 3.66. The minimum atomic E-state index is -0.543. The van der Waals surface area contributed by atoms with E-state index in [1.54, 1.807) is 20.3 Å². The van der Waals surface area contributed by atoms with E-state index in [4.69, 9.17) is 9.47 Å². The van der Waals surface area contributed by atoms with E-state index >= 15 is 0 Å². The van der Waals surface area contributed by atoms with Crippen LogP contribution >= 0.6 is 22.7 Å². The number of hydrogen-bond acceptors (Lipinski definition) is 7. The highest BCUT2D eigenvalue weighted by atomic mass is 32.1. The molecule has 182 valence electrons. The lowest BCUT2D eigenvalue weighted by Gasteiger charge is -2.00. The van der Waals surface area contributed by atoms with Gasteiger partial charge in [0, 0.05) is 14.1 Å². The predicted molar refractivity (Wildman–Crippen MR) is 139 cm³/mol. The van der Waals surface area contributed by atoms with E-state index in [2.05, 4.69) is 15.0 Å². The number of fused-ring (bicyclic) bond motifs is 2. The zero-order valence-corrected chi connectivity index (χ0v) is 21.5. The highest BCUT2D eigenvalue weighted by Gasteiger charge is 2.14. The summed E-state index contributed by atoms with van der Waals surface area (Å²) in [6.07, 6.45) is 0. The highest BCUT2D eigenvalue weighted by molar-refractivity contribution is 7.16. The predicted octanol–water partition coefficient (Wildman–Crippen LogP) is 3.69. The first-order valence-corrected chi connectivity index (χ1v) is 12.4. The SMILES string of the molecule is COc1ccc2c(c1)sc(=NC(=O)c1cccc(C(=O)N=c3sc4cc(OC)ccc4n3C)n1)n2C. The molecule has 3 aromatic heterocycles. The van der Waals surface area contributed by atoms with Crippen molar-refractivity contribution >= 4 is 54.9 Å². The number of nitrogens with zero attached hydrogens (tertiary/aromatic N) is 5. The minimum Gasteiger partial charge on any atom is -0.497 e. The first-order chi connectivity index (χ1) is 17.4. The number of carbonyl (C=O) groups excluding carboxylic acids is 2. The topological polar surface area (TPSA) is 100 Å². The van der Waals surface area contributed by atoms with Crippen molar-refractivity contribution in [1.29, 1.82) is 0 Å². The number of hydrogen-bond donors (Lipinski definition) is 0. The van der Waals surface area contributed by atoms with E-state index < -0.39 is 11.8 Å². The first kappa shape index (κ1) is 23.6. The molecular formula is C25H21N5O4S2. The molecule has 36 heavy (non-hydrogen) atoms. The summed E-state index contributed by atoms with van der Waals surface area (Å²) in [5.41, 5.74) is 1.99. The van der Waals surface area contributed by atoms with Gasteiger partial charge in [0.05, 0.1) is 34.7 Å². The number of amides is 2. The zero-order chi connectivity index (χ0) is 25.4. The van der Waals surface area contributed by atoms with Crippen molar-refractivity contribution in [3.05, 3.63) is 75.6 Å². The molecule has 11 heteroatoms. The van der Waals surface area contributed by atoms with Gasteiger partial charge in [0.1, 0.15) is 22.9 Å². The molecule has 0 aliphatic heterocycles. The Bertz CT molecular complexity index is 1660. The monoisotopic (exact) mass is 519 g/mol. The Morgan fingerprint density at radius 2 is 1.19 bits per heavy atom. The highest BCUT2D eigenvalue weighted by Crippen LogP contribution is 2.23. The van der Waals surface area contributed by atoms with E-state index in [1.165, 1.54) is 34.8 Å². The lowest BCUT2D eigenvalue weighted by Crippen LogP contribution is -2.16. The maximum absolute atomic E-state index is 12.9. The molecule has 0 aliphatic rings. The summed E-state index contributed by atoms with van der Waals surface area (Å²) in [4.78, 5) is 39.6. The number of carbonyl (C=O) groups is 2. The summed E-state index contributed by atoms with van der Waals surface area (Å²) in [5, 5.41) is 0. The quantitative estimate of drug-likeness (QED) is 0.361. The van der Waals surface area contributed by atoms with Gasteiger partial charge in [-0.2, -0.15) is 9.98 Å². The number of aryl methyl sites for hydroxylation is 2. The van der Waals surface area contributed by atoms with Crippen molar-refractivity contribution in [2.45, 2.75) is 0 Å². The number of ether oxygens (including phenoxy) is 2. The van der Waals surface area contributed by atoms with Crippen molar-refractivity contribution in [2.75, 3.05) is 14.2 Å². The summed E-state index contributed by atoms with van der Waals surface area (Å²) in [6, 6.07) is 16.0. The Morgan fingerprint density at radius 3 is 1.61 bits per heavy atom. The standard InChI is InChI=1S/C25H21N5O4S2/c1-29-18-10-8-14(33-3)12-20(18)35-24(29)27-22(31)16-6-5-7-17(26-16)23(32)28-25-30(2)19-11-9-15(34-4)13-21(19)36-25/h5-13H,1-4H3. The molecule has 0 atom stereocenters. The second kappa shape index (κ2) is 9.51. The Hall–Kier alpha value is -4.09. The van der Waals surface area contributed by atoms with Crippen LogP contribution in [0.4, 0.5) is 0 Å². The summed E-state index contributed by atoms with van der Waals surface area (Å²) in [6.45, 7) is 0. The van der Waals surface area contributed by atoms with Gasteiger partial charge in [-0.15, -0.1) is 0 Å². The molecule has 0 N–H and O–H groups in total. The number of thiazole rings is 2. The molecule has 0 radical (unpaired) electrons.